The molecule has 0 saturated heterocycles. The van der Waals surface area contributed by atoms with Crippen LogP contribution in [0.25, 0.3) is 0 Å². The number of rotatable bonds is 8. The first-order valence-electron chi connectivity index (χ1n) is 7.23. The molecule has 19 heavy (non-hydrogen) atoms. The molecule has 0 aromatic rings. The lowest BCUT2D eigenvalue weighted by atomic mass is 10.1. The van der Waals surface area contributed by atoms with E-state index in [1.165, 1.54) is 4.90 Å². The highest BCUT2D eigenvalue weighted by molar-refractivity contribution is 5.80. The molecule has 1 aliphatic rings. The van der Waals surface area contributed by atoms with Crippen molar-refractivity contribution in [2.45, 2.75) is 40.0 Å². The van der Waals surface area contributed by atoms with Gasteiger partial charge in [-0.05, 0) is 31.6 Å². The van der Waals surface area contributed by atoms with Gasteiger partial charge in [-0.3, -0.25) is 4.79 Å². The van der Waals surface area contributed by atoms with E-state index in [9.17, 15) is 9.59 Å². The summed E-state index contributed by atoms with van der Waals surface area (Å²) in [5.74, 6) is 0.00991. The van der Waals surface area contributed by atoms with Crippen molar-refractivity contribution in [1.29, 1.82) is 0 Å². The molecule has 0 radical (unpaired) electrons. The van der Waals surface area contributed by atoms with Crippen LogP contribution in [-0.2, 0) is 4.79 Å². The van der Waals surface area contributed by atoms with Gasteiger partial charge in [-0.1, -0.05) is 20.3 Å². The maximum atomic E-state index is 12.4. The maximum absolute atomic E-state index is 12.4. The monoisotopic (exact) mass is 270 g/mol. The molecule has 1 rings (SSSR count). The Morgan fingerprint density at radius 2 is 1.89 bits per heavy atom. The summed E-state index contributed by atoms with van der Waals surface area (Å²) in [4.78, 5) is 26.6. The number of carbonyl (C=O) groups excluding carboxylic acids is 1. The van der Waals surface area contributed by atoms with Gasteiger partial charge < -0.3 is 14.9 Å². The summed E-state index contributed by atoms with van der Waals surface area (Å²) in [6, 6.07) is -0.128. The largest absolute Gasteiger partial charge is 0.480 e. The Morgan fingerprint density at radius 1 is 1.26 bits per heavy atom. The average molecular weight is 270 g/mol. The Balaban J connectivity index is 2.62. The second-order valence-electron chi connectivity index (χ2n) is 5.55. The first-order valence-corrected chi connectivity index (χ1v) is 7.23. The van der Waals surface area contributed by atoms with E-state index in [0.717, 1.165) is 19.3 Å². The Bertz CT molecular complexity index is 316. The lowest BCUT2D eigenvalue weighted by Gasteiger charge is -2.30. The Hall–Kier alpha value is -1.26. The summed E-state index contributed by atoms with van der Waals surface area (Å²) in [6.45, 7) is 7.88. The number of nitrogens with zero attached hydrogens (tertiary/aromatic N) is 2. The summed E-state index contributed by atoms with van der Waals surface area (Å²) in [6.07, 6.45) is 3.24. The van der Waals surface area contributed by atoms with Gasteiger partial charge in [0.05, 0.1) is 0 Å². The molecule has 2 amide bonds. The third kappa shape index (κ3) is 5.49. The zero-order valence-corrected chi connectivity index (χ0v) is 12.3. The van der Waals surface area contributed by atoms with Crippen molar-refractivity contribution in [2.24, 2.45) is 11.8 Å². The highest BCUT2D eigenvalue weighted by Crippen LogP contribution is 2.30. The first-order chi connectivity index (χ1) is 8.97. The fraction of sp³-hybridized carbons (Fsp3) is 0.857. The minimum atomic E-state index is -0.936. The summed E-state index contributed by atoms with van der Waals surface area (Å²) in [7, 11) is 0. The minimum Gasteiger partial charge on any atom is -0.480 e. The van der Waals surface area contributed by atoms with E-state index in [0.29, 0.717) is 31.5 Å². The summed E-state index contributed by atoms with van der Waals surface area (Å²) in [5, 5.41) is 8.94. The van der Waals surface area contributed by atoms with Crippen LogP contribution in [0.15, 0.2) is 0 Å². The van der Waals surface area contributed by atoms with Crippen LogP contribution >= 0.6 is 0 Å². The predicted molar refractivity (Wildman–Crippen MR) is 74.0 cm³/mol. The first kappa shape index (κ1) is 15.8. The van der Waals surface area contributed by atoms with Gasteiger partial charge in [-0.2, -0.15) is 0 Å². The molecule has 1 atom stereocenters. The van der Waals surface area contributed by atoms with Crippen LogP contribution in [0.2, 0.25) is 0 Å². The van der Waals surface area contributed by atoms with Crippen molar-refractivity contribution in [2.75, 3.05) is 26.2 Å². The van der Waals surface area contributed by atoms with Crippen LogP contribution in [0.3, 0.4) is 0 Å². The number of hydrogen-bond donors (Lipinski definition) is 1. The average Bonchev–Trinajstić information content (AvgIpc) is 3.17. The van der Waals surface area contributed by atoms with Crippen molar-refractivity contribution >= 4 is 12.0 Å². The fourth-order valence-electron chi connectivity index (χ4n) is 2.03. The molecule has 0 aromatic carbocycles. The second-order valence-corrected chi connectivity index (χ2v) is 5.55. The highest BCUT2D eigenvalue weighted by Gasteiger charge is 2.30. The lowest BCUT2D eigenvalue weighted by molar-refractivity contribution is -0.137. The van der Waals surface area contributed by atoms with Crippen molar-refractivity contribution in [3.8, 4) is 0 Å². The normalized spacial score (nSPS) is 15.9. The number of aliphatic carboxylic acids is 1. The molecule has 0 spiro atoms. The zero-order chi connectivity index (χ0) is 14.4. The molecule has 0 aliphatic heterocycles. The number of amides is 2. The molecule has 0 bridgehead atoms. The third-order valence-corrected chi connectivity index (χ3v) is 3.65. The Morgan fingerprint density at radius 3 is 2.32 bits per heavy atom. The zero-order valence-electron chi connectivity index (χ0n) is 12.3. The fourth-order valence-corrected chi connectivity index (χ4v) is 2.03. The molecule has 1 N–H and O–H groups in total. The van der Waals surface area contributed by atoms with E-state index < -0.39 is 5.97 Å². The molecule has 5 heteroatoms. The lowest BCUT2D eigenvalue weighted by Crippen LogP contribution is -2.47. The summed E-state index contributed by atoms with van der Waals surface area (Å²) in [5.41, 5.74) is 0. The summed E-state index contributed by atoms with van der Waals surface area (Å²) >= 11 is 0. The molecule has 110 valence electrons. The van der Waals surface area contributed by atoms with Crippen LogP contribution in [0.1, 0.15) is 40.0 Å². The molecule has 0 aromatic heterocycles. The quantitative estimate of drug-likeness (QED) is 0.736. The van der Waals surface area contributed by atoms with E-state index in [1.54, 1.807) is 4.90 Å². The molecule has 1 fully saturated rings. The molecular formula is C14H26N2O3. The van der Waals surface area contributed by atoms with Gasteiger partial charge in [0.25, 0.3) is 0 Å². The SMILES string of the molecule is CCC(C)CN(CC)C(=O)N(CC(=O)O)CC1CC1. The maximum Gasteiger partial charge on any atom is 0.323 e. The van der Waals surface area contributed by atoms with E-state index in [2.05, 4.69) is 13.8 Å². The van der Waals surface area contributed by atoms with Crippen molar-refractivity contribution in [3.05, 3.63) is 0 Å². The highest BCUT2D eigenvalue weighted by atomic mass is 16.4. The molecule has 1 saturated carbocycles. The van der Waals surface area contributed by atoms with Gasteiger partial charge in [0.2, 0.25) is 0 Å². The van der Waals surface area contributed by atoms with Crippen LogP contribution in [0, 0.1) is 11.8 Å². The number of carbonyl (C=O) groups is 2. The molecule has 5 nitrogen and oxygen atoms in total. The van der Waals surface area contributed by atoms with Gasteiger partial charge in [-0.15, -0.1) is 0 Å². The van der Waals surface area contributed by atoms with Crippen LogP contribution in [-0.4, -0.2) is 53.1 Å². The van der Waals surface area contributed by atoms with Crippen LogP contribution in [0.4, 0.5) is 4.79 Å². The summed E-state index contributed by atoms with van der Waals surface area (Å²) < 4.78 is 0. The number of hydrogen-bond acceptors (Lipinski definition) is 2. The van der Waals surface area contributed by atoms with E-state index in [4.69, 9.17) is 5.11 Å². The smallest absolute Gasteiger partial charge is 0.323 e. The predicted octanol–water partition coefficient (Wildman–Crippen LogP) is 2.27. The van der Waals surface area contributed by atoms with Gasteiger partial charge in [0, 0.05) is 19.6 Å². The molecule has 1 unspecified atom stereocenters. The van der Waals surface area contributed by atoms with Crippen LogP contribution in [0.5, 0.6) is 0 Å². The number of carboxylic acids is 1. The molecule has 0 heterocycles. The molecular weight excluding hydrogens is 244 g/mol. The van der Waals surface area contributed by atoms with E-state index >= 15 is 0 Å². The Labute approximate surface area is 115 Å². The van der Waals surface area contributed by atoms with Gasteiger partial charge >= 0.3 is 12.0 Å². The van der Waals surface area contributed by atoms with E-state index in [1.807, 2.05) is 6.92 Å². The Kier molecular flexibility index (Phi) is 6.12. The van der Waals surface area contributed by atoms with Gasteiger partial charge in [0.1, 0.15) is 6.54 Å². The number of carboxylic acid groups (broad SMARTS) is 1. The van der Waals surface area contributed by atoms with Crippen LogP contribution < -0.4 is 0 Å². The van der Waals surface area contributed by atoms with Crippen molar-refractivity contribution in [1.82, 2.24) is 9.80 Å². The minimum absolute atomic E-state index is 0.128. The second kappa shape index (κ2) is 7.36. The van der Waals surface area contributed by atoms with Crippen molar-refractivity contribution < 1.29 is 14.7 Å². The molecule has 1 aliphatic carbocycles. The van der Waals surface area contributed by atoms with E-state index in [-0.39, 0.29) is 12.6 Å². The van der Waals surface area contributed by atoms with Gasteiger partial charge in [-0.25, -0.2) is 4.79 Å². The standard InChI is InChI=1S/C14H26N2O3/c1-4-11(3)8-15(5-2)14(19)16(10-13(17)18)9-12-6-7-12/h11-12H,4-10H2,1-3H3,(H,17,18). The third-order valence-electron chi connectivity index (χ3n) is 3.65. The topological polar surface area (TPSA) is 60.9 Å². The van der Waals surface area contributed by atoms with Crippen molar-refractivity contribution in [3.63, 3.8) is 0 Å². The number of urea groups is 1. The van der Waals surface area contributed by atoms with Gasteiger partial charge in [0.15, 0.2) is 0 Å².